The minimum Gasteiger partial charge on any atom is -0.381 e. The Morgan fingerprint density at radius 2 is 1.01 bits per heavy atom. The van der Waals surface area contributed by atoms with Gasteiger partial charge in [-0.1, -0.05) is 0 Å². The lowest BCUT2D eigenvalue weighted by Crippen LogP contribution is -2.33. The molecule has 4 saturated carbocycles. The molecule has 22 heteroatoms. The maximum Gasteiger partial charge on any atom is 0.274 e. The van der Waals surface area contributed by atoms with E-state index in [0.717, 1.165) is 83.5 Å². The maximum atomic E-state index is 13.9. The minimum atomic E-state index is -0.278. The number of pyridine rings is 2. The molecule has 74 heavy (non-hydrogen) atoms. The molecule has 394 valence electrons. The maximum absolute atomic E-state index is 13.9. The number of hydrogen-bond donors (Lipinski definition) is 6. The predicted molar refractivity (Wildman–Crippen MR) is 279 cm³/mol. The second-order valence-corrected chi connectivity index (χ2v) is 19.9. The van der Waals surface area contributed by atoms with E-state index < -0.39 is 0 Å². The predicted octanol–water partition coefficient (Wildman–Crippen LogP) is 5.96. The van der Waals surface area contributed by atoms with Crippen LogP contribution in [0.15, 0.2) is 70.8 Å². The van der Waals surface area contributed by atoms with Crippen molar-refractivity contribution in [2.24, 2.45) is 0 Å². The lowest BCUT2D eigenvalue weighted by atomic mass is 9.92. The first-order valence-corrected chi connectivity index (χ1v) is 26.1. The van der Waals surface area contributed by atoms with Crippen molar-refractivity contribution in [2.45, 2.75) is 138 Å². The van der Waals surface area contributed by atoms with Crippen LogP contribution in [0.1, 0.15) is 123 Å². The summed E-state index contributed by atoms with van der Waals surface area (Å²) in [5.41, 5.74) is 1.90. The highest BCUT2D eigenvalue weighted by atomic mass is 16.5. The van der Waals surface area contributed by atoms with Crippen molar-refractivity contribution in [3.05, 3.63) is 93.0 Å². The Bertz CT molecular complexity index is 3060. The van der Waals surface area contributed by atoms with Gasteiger partial charge >= 0.3 is 0 Å². The van der Waals surface area contributed by atoms with Gasteiger partial charge in [-0.25, -0.2) is 9.97 Å². The Hall–Kier alpha value is -6.88. The SMILES string of the molecule is CNc1cc(Nc2cccn([C@H]3CC[C@H](OCCO[C@@H]4CC[C@@H](NC(=O)c5cnn6c(NC)cc(Nc7cccn([C@H]8CC[C@H](OC)CC8)c7=O)nc56)C4)CC3)c2=O)nc2c(C(=O)NC3CC[C@H](OC)C3)cnn12. The summed E-state index contributed by atoms with van der Waals surface area (Å²) in [6.07, 6.45) is 18.6. The largest absolute Gasteiger partial charge is 0.381 e. The van der Waals surface area contributed by atoms with E-state index in [2.05, 4.69) is 42.1 Å². The molecule has 22 nitrogen and oxygen atoms in total. The van der Waals surface area contributed by atoms with Crippen molar-refractivity contribution in [1.82, 2.24) is 49.0 Å². The van der Waals surface area contributed by atoms with Crippen LogP contribution in [0, 0.1) is 0 Å². The fourth-order valence-electron chi connectivity index (χ4n) is 11.3. The van der Waals surface area contributed by atoms with Crippen molar-refractivity contribution in [3.8, 4) is 0 Å². The highest BCUT2D eigenvalue weighted by Crippen LogP contribution is 2.32. The average Bonchev–Trinajstić information content (AvgIpc) is 4.26. The molecule has 10 rings (SSSR count). The molecular weight excluding hydrogens is 949 g/mol. The Balaban J connectivity index is 0.682. The summed E-state index contributed by atoms with van der Waals surface area (Å²) in [5, 5.41) is 27.9. The standard InChI is InChI=1S/C52H68N14O8/c1-53-45-28-44(61-47-39(29-55-65(45)47)49(67)57-31-9-15-37(25-31)72-4)60-42-8-6-22-64(52(42)70)34-13-19-36(20-14-34)73-23-24-74-38-16-10-32(26-38)58-50(68)40-30-56-66-46(54-2)27-43(62-48(40)66)59-41-7-5-21-63(51(41)69)33-11-17-35(71-3)18-12-33/h5-8,21-22,27-38,53-54H,9-20,23-26H2,1-4H3,(H,57,67)(H,58,68)(H,59,62)(H,60,61)/t31?,32-,33-,34-,35-,36-,37+,38-/m1/s1. The van der Waals surface area contributed by atoms with E-state index in [1.165, 1.54) is 12.4 Å². The summed E-state index contributed by atoms with van der Waals surface area (Å²) in [6.45, 7) is 0.893. The van der Waals surface area contributed by atoms with Gasteiger partial charge in [0.15, 0.2) is 11.3 Å². The summed E-state index contributed by atoms with van der Waals surface area (Å²) >= 11 is 0. The van der Waals surface area contributed by atoms with Crippen molar-refractivity contribution in [3.63, 3.8) is 0 Å². The van der Waals surface area contributed by atoms with E-state index >= 15 is 0 Å². The Morgan fingerprint density at radius 1 is 0.581 bits per heavy atom. The van der Waals surface area contributed by atoms with Crippen LogP contribution in [0.3, 0.4) is 0 Å². The quantitative estimate of drug-likeness (QED) is 0.0512. The van der Waals surface area contributed by atoms with Gasteiger partial charge in [0.05, 0.1) is 50.0 Å². The fraction of sp³-hybridized carbons (Fsp3) is 0.538. The zero-order valence-corrected chi connectivity index (χ0v) is 42.5. The first-order chi connectivity index (χ1) is 36.1. The molecule has 0 radical (unpaired) electrons. The van der Waals surface area contributed by atoms with Gasteiger partial charge < -0.3 is 60.0 Å². The number of carbonyl (C=O) groups is 2. The van der Waals surface area contributed by atoms with E-state index in [0.29, 0.717) is 76.7 Å². The van der Waals surface area contributed by atoms with Crippen molar-refractivity contribution < 1.29 is 28.5 Å². The molecule has 0 saturated heterocycles. The normalized spacial score (nSPS) is 24.0. The zero-order chi connectivity index (χ0) is 51.3. The number of aromatic nitrogens is 8. The molecule has 4 fully saturated rings. The van der Waals surface area contributed by atoms with E-state index in [9.17, 15) is 19.2 Å². The third kappa shape index (κ3) is 11.0. The second kappa shape index (κ2) is 22.7. The smallest absolute Gasteiger partial charge is 0.274 e. The Kier molecular flexibility index (Phi) is 15.5. The number of nitrogens with one attached hydrogen (secondary N) is 6. The van der Waals surface area contributed by atoms with Gasteiger partial charge in [0.1, 0.15) is 45.8 Å². The van der Waals surface area contributed by atoms with E-state index in [-0.39, 0.29) is 71.5 Å². The number of hydrogen-bond acceptors (Lipinski definition) is 16. The number of fused-ring (bicyclic) bond motifs is 2. The number of carbonyl (C=O) groups excluding carboxylic acids is 2. The van der Waals surface area contributed by atoms with Gasteiger partial charge in [0, 0.05) is 77.0 Å². The molecule has 0 bridgehead atoms. The Labute approximate surface area is 428 Å². The van der Waals surface area contributed by atoms with Gasteiger partial charge in [-0.3, -0.25) is 19.2 Å². The number of methoxy groups -OCH3 is 2. The summed E-state index contributed by atoms with van der Waals surface area (Å²) in [7, 11) is 6.96. The lowest BCUT2D eigenvalue weighted by molar-refractivity contribution is -0.0342. The summed E-state index contributed by atoms with van der Waals surface area (Å²) in [6, 6.07) is 10.8. The zero-order valence-electron chi connectivity index (χ0n) is 42.5. The topological polar surface area (TPSA) is 248 Å². The van der Waals surface area contributed by atoms with Crippen LogP contribution in [0.5, 0.6) is 0 Å². The highest BCUT2D eigenvalue weighted by Gasteiger charge is 2.31. The number of anilines is 6. The third-order valence-electron chi connectivity index (χ3n) is 15.4. The lowest BCUT2D eigenvalue weighted by Gasteiger charge is -2.30. The Morgan fingerprint density at radius 3 is 1.47 bits per heavy atom. The van der Waals surface area contributed by atoms with Crippen LogP contribution < -0.4 is 43.0 Å². The molecule has 6 aromatic heterocycles. The van der Waals surface area contributed by atoms with Crippen LogP contribution in [0.4, 0.5) is 34.6 Å². The molecule has 6 heterocycles. The van der Waals surface area contributed by atoms with Gasteiger partial charge in [-0.2, -0.15) is 19.2 Å². The number of nitrogens with zero attached hydrogens (tertiary/aromatic N) is 8. The van der Waals surface area contributed by atoms with E-state index in [1.807, 2.05) is 24.5 Å². The number of amides is 2. The van der Waals surface area contributed by atoms with Crippen LogP contribution in [-0.2, 0) is 18.9 Å². The van der Waals surface area contributed by atoms with Crippen LogP contribution >= 0.6 is 0 Å². The van der Waals surface area contributed by atoms with Crippen molar-refractivity contribution in [2.75, 3.05) is 62.8 Å². The molecule has 6 N–H and O–H groups in total. The highest BCUT2D eigenvalue weighted by molar-refractivity contribution is 6.01. The fourth-order valence-corrected chi connectivity index (χ4v) is 11.3. The summed E-state index contributed by atoms with van der Waals surface area (Å²) < 4.78 is 30.3. The molecular formula is C52H68N14O8. The molecule has 6 aromatic rings. The molecule has 0 aliphatic heterocycles. The molecule has 0 aromatic carbocycles. The van der Waals surface area contributed by atoms with Crippen LogP contribution in [0.25, 0.3) is 11.3 Å². The van der Waals surface area contributed by atoms with Gasteiger partial charge in [-0.05, 0) is 114 Å². The van der Waals surface area contributed by atoms with Gasteiger partial charge in [0.25, 0.3) is 22.9 Å². The molecule has 4 aliphatic carbocycles. The number of ether oxygens (including phenoxy) is 4. The molecule has 1 unspecified atom stereocenters. The van der Waals surface area contributed by atoms with Crippen LogP contribution in [-0.4, -0.2) is 128 Å². The molecule has 0 spiro atoms. The van der Waals surface area contributed by atoms with Crippen LogP contribution in [0.2, 0.25) is 0 Å². The second-order valence-electron chi connectivity index (χ2n) is 19.9. The van der Waals surface area contributed by atoms with E-state index in [4.69, 9.17) is 28.9 Å². The van der Waals surface area contributed by atoms with E-state index in [1.54, 1.807) is 70.7 Å². The first-order valence-electron chi connectivity index (χ1n) is 26.1. The van der Waals surface area contributed by atoms with Gasteiger partial charge in [-0.15, -0.1) is 0 Å². The van der Waals surface area contributed by atoms with Crippen molar-refractivity contribution >= 4 is 57.8 Å². The molecule has 4 aliphatic rings. The average molecular weight is 1020 g/mol. The molecule has 2 amide bonds. The molecule has 4 atom stereocenters. The summed E-state index contributed by atoms with van der Waals surface area (Å²) in [5.74, 6) is 1.50. The minimum absolute atomic E-state index is 0.0128. The number of rotatable bonds is 19. The summed E-state index contributed by atoms with van der Waals surface area (Å²) in [4.78, 5) is 64.2. The van der Waals surface area contributed by atoms with Gasteiger partial charge in [0.2, 0.25) is 0 Å². The first kappa shape index (κ1) is 50.6. The van der Waals surface area contributed by atoms with Crippen molar-refractivity contribution in [1.29, 1.82) is 0 Å². The third-order valence-corrected chi connectivity index (χ3v) is 15.4. The monoisotopic (exact) mass is 1020 g/mol.